The first-order valence-electron chi connectivity index (χ1n) is 5.31. The Balaban J connectivity index is 2.48. The number of benzene rings is 1. The molecule has 1 aromatic carbocycles. The van der Waals surface area contributed by atoms with Gasteiger partial charge in [-0.3, -0.25) is 4.79 Å². The summed E-state index contributed by atoms with van der Waals surface area (Å²) < 4.78 is 0. The molecule has 5 nitrogen and oxygen atoms in total. The summed E-state index contributed by atoms with van der Waals surface area (Å²) in [6.07, 6.45) is 0.339. The van der Waals surface area contributed by atoms with Gasteiger partial charge in [0.2, 0.25) is 0 Å². The molecule has 3 N–H and O–H groups in total. The Bertz CT molecular complexity index is 494. The number of urea groups is 1. The molecule has 104 valence electrons. The van der Waals surface area contributed by atoms with E-state index in [9.17, 15) is 9.59 Å². The molecule has 0 spiro atoms. The lowest BCUT2D eigenvalue weighted by atomic mass is 10.3. The van der Waals surface area contributed by atoms with Crippen LogP contribution in [0.2, 0.25) is 15.1 Å². The first-order valence-corrected chi connectivity index (χ1v) is 6.44. The van der Waals surface area contributed by atoms with Crippen molar-refractivity contribution in [2.45, 2.75) is 12.8 Å². The highest BCUT2D eigenvalue weighted by atomic mass is 35.5. The van der Waals surface area contributed by atoms with E-state index in [1.165, 1.54) is 12.1 Å². The Morgan fingerprint density at radius 1 is 1.11 bits per heavy atom. The average Bonchev–Trinajstić information content (AvgIpc) is 2.31. The van der Waals surface area contributed by atoms with Gasteiger partial charge in [-0.05, 0) is 18.6 Å². The topological polar surface area (TPSA) is 78.4 Å². The molecule has 0 saturated carbocycles. The van der Waals surface area contributed by atoms with E-state index in [0.717, 1.165) is 0 Å². The van der Waals surface area contributed by atoms with Gasteiger partial charge in [-0.25, -0.2) is 4.79 Å². The number of hydrogen-bond donors (Lipinski definition) is 3. The smallest absolute Gasteiger partial charge is 0.319 e. The molecule has 19 heavy (non-hydrogen) atoms. The van der Waals surface area contributed by atoms with Gasteiger partial charge in [0.25, 0.3) is 0 Å². The first-order chi connectivity index (χ1) is 8.90. The normalized spacial score (nSPS) is 10.1. The molecule has 0 bridgehead atoms. The second kappa shape index (κ2) is 7.43. The van der Waals surface area contributed by atoms with Gasteiger partial charge in [-0.1, -0.05) is 34.8 Å². The highest BCUT2D eigenvalue weighted by Gasteiger charge is 2.09. The van der Waals surface area contributed by atoms with E-state index < -0.39 is 12.0 Å². The third kappa shape index (κ3) is 5.55. The zero-order valence-corrected chi connectivity index (χ0v) is 11.9. The van der Waals surface area contributed by atoms with E-state index in [0.29, 0.717) is 17.1 Å². The molecule has 0 aliphatic rings. The van der Waals surface area contributed by atoms with Crippen LogP contribution in [0.3, 0.4) is 0 Å². The van der Waals surface area contributed by atoms with Crippen LogP contribution >= 0.6 is 34.8 Å². The number of carbonyl (C=O) groups excluding carboxylic acids is 1. The fourth-order valence-corrected chi connectivity index (χ4v) is 1.82. The molecule has 0 saturated heterocycles. The number of carboxylic acids is 1. The molecule has 2 amide bonds. The van der Waals surface area contributed by atoms with Gasteiger partial charge in [0.05, 0.1) is 20.8 Å². The molecular formula is C11H11Cl3N2O3. The van der Waals surface area contributed by atoms with Gasteiger partial charge < -0.3 is 15.7 Å². The fourth-order valence-electron chi connectivity index (χ4n) is 1.23. The lowest BCUT2D eigenvalue weighted by molar-refractivity contribution is -0.137. The minimum Gasteiger partial charge on any atom is -0.481 e. The number of aliphatic carboxylic acids is 1. The number of nitrogens with one attached hydrogen (secondary N) is 2. The van der Waals surface area contributed by atoms with Crippen LogP contribution < -0.4 is 10.6 Å². The van der Waals surface area contributed by atoms with Crippen LogP contribution in [0.5, 0.6) is 0 Å². The zero-order valence-electron chi connectivity index (χ0n) is 9.67. The monoisotopic (exact) mass is 324 g/mol. The maximum Gasteiger partial charge on any atom is 0.319 e. The molecule has 8 heteroatoms. The molecule has 0 aromatic heterocycles. The first kappa shape index (κ1) is 15.9. The zero-order chi connectivity index (χ0) is 14.4. The quantitative estimate of drug-likeness (QED) is 0.571. The number of halogens is 3. The van der Waals surface area contributed by atoms with E-state index in [-0.39, 0.29) is 23.0 Å². The molecule has 0 aliphatic heterocycles. The summed E-state index contributed by atoms with van der Waals surface area (Å²) in [4.78, 5) is 21.8. The average molecular weight is 326 g/mol. The predicted octanol–water partition coefficient (Wildman–Crippen LogP) is 3.63. The summed E-state index contributed by atoms with van der Waals surface area (Å²) >= 11 is 17.4. The molecule has 0 fully saturated rings. The standard InChI is InChI=1S/C11H11Cl3N2O3/c12-6-4-8(14)9(5-7(6)13)16-11(19)15-3-1-2-10(17)18/h4-5H,1-3H2,(H,17,18)(H2,15,16,19). The number of amides is 2. The number of hydrogen-bond acceptors (Lipinski definition) is 2. The molecule has 0 aliphatic carbocycles. The van der Waals surface area contributed by atoms with Crippen molar-refractivity contribution >= 4 is 52.5 Å². The summed E-state index contributed by atoms with van der Waals surface area (Å²) in [5.41, 5.74) is 0.326. The Hall–Kier alpha value is -1.17. The van der Waals surface area contributed by atoms with Gasteiger partial charge in [0.15, 0.2) is 0 Å². The van der Waals surface area contributed by atoms with Crippen LogP contribution in [0.25, 0.3) is 0 Å². The maximum absolute atomic E-state index is 11.5. The summed E-state index contributed by atoms with van der Waals surface area (Å²) in [5, 5.41) is 14.2. The van der Waals surface area contributed by atoms with Crippen molar-refractivity contribution in [3.63, 3.8) is 0 Å². The molecule has 0 atom stereocenters. The number of rotatable bonds is 5. The lowest BCUT2D eigenvalue weighted by Crippen LogP contribution is -2.29. The Morgan fingerprint density at radius 2 is 1.74 bits per heavy atom. The highest BCUT2D eigenvalue weighted by molar-refractivity contribution is 6.44. The Kier molecular flexibility index (Phi) is 6.21. The predicted molar refractivity (Wildman–Crippen MR) is 75.4 cm³/mol. The summed E-state index contributed by atoms with van der Waals surface area (Å²) in [5.74, 6) is -0.908. The van der Waals surface area contributed by atoms with Crippen molar-refractivity contribution in [3.8, 4) is 0 Å². The minimum absolute atomic E-state index is 0.00614. The third-order valence-electron chi connectivity index (χ3n) is 2.11. The second-order valence-electron chi connectivity index (χ2n) is 3.62. The SMILES string of the molecule is O=C(O)CCCNC(=O)Nc1cc(Cl)c(Cl)cc1Cl. The van der Waals surface area contributed by atoms with Gasteiger partial charge in [0, 0.05) is 13.0 Å². The molecular weight excluding hydrogens is 314 g/mol. The Labute approximate surface area is 124 Å². The number of anilines is 1. The number of carboxylic acid groups (broad SMARTS) is 1. The molecule has 1 aromatic rings. The van der Waals surface area contributed by atoms with Crippen molar-refractivity contribution < 1.29 is 14.7 Å². The molecule has 1 rings (SSSR count). The number of carbonyl (C=O) groups is 2. The van der Waals surface area contributed by atoms with E-state index in [4.69, 9.17) is 39.9 Å². The van der Waals surface area contributed by atoms with Crippen LogP contribution in [0.15, 0.2) is 12.1 Å². The Morgan fingerprint density at radius 3 is 2.37 bits per heavy atom. The van der Waals surface area contributed by atoms with Gasteiger partial charge in [-0.15, -0.1) is 0 Å². The van der Waals surface area contributed by atoms with E-state index in [1.54, 1.807) is 0 Å². The van der Waals surface area contributed by atoms with E-state index in [2.05, 4.69) is 10.6 Å². The highest BCUT2D eigenvalue weighted by Crippen LogP contribution is 2.32. The molecule has 0 heterocycles. The maximum atomic E-state index is 11.5. The van der Waals surface area contributed by atoms with Crippen LogP contribution in [0.4, 0.5) is 10.5 Å². The van der Waals surface area contributed by atoms with Crippen molar-refractivity contribution in [2.24, 2.45) is 0 Å². The van der Waals surface area contributed by atoms with Crippen LogP contribution in [0.1, 0.15) is 12.8 Å². The van der Waals surface area contributed by atoms with E-state index >= 15 is 0 Å². The largest absolute Gasteiger partial charge is 0.481 e. The van der Waals surface area contributed by atoms with Gasteiger partial charge in [-0.2, -0.15) is 0 Å². The fraction of sp³-hybridized carbons (Fsp3) is 0.273. The van der Waals surface area contributed by atoms with Gasteiger partial charge >= 0.3 is 12.0 Å². The van der Waals surface area contributed by atoms with Crippen molar-refractivity contribution in [2.75, 3.05) is 11.9 Å². The van der Waals surface area contributed by atoms with Crippen LogP contribution in [-0.2, 0) is 4.79 Å². The summed E-state index contributed by atoms with van der Waals surface area (Å²) in [6, 6.07) is 2.36. The summed E-state index contributed by atoms with van der Waals surface area (Å²) in [7, 11) is 0. The van der Waals surface area contributed by atoms with Gasteiger partial charge in [0.1, 0.15) is 0 Å². The second-order valence-corrected chi connectivity index (χ2v) is 4.85. The van der Waals surface area contributed by atoms with Crippen LogP contribution in [-0.4, -0.2) is 23.7 Å². The van der Waals surface area contributed by atoms with Crippen molar-refractivity contribution in [3.05, 3.63) is 27.2 Å². The van der Waals surface area contributed by atoms with E-state index in [1.807, 2.05) is 0 Å². The van der Waals surface area contributed by atoms with Crippen molar-refractivity contribution in [1.29, 1.82) is 0 Å². The van der Waals surface area contributed by atoms with Crippen molar-refractivity contribution in [1.82, 2.24) is 5.32 Å². The minimum atomic E-state index is -0.908. The lowest BCUT2D eigenvalue weighted by Gasteiger charge is -2.09. The third-order valence-corrected chi connectivity index (χ3v) is 3.15. The summed E-state index contributed by atoms with van der Waals surface area (Å²) in [6.45, 7) is 0.247. The molecule has 0 unspecified atom stereocenters. The molecule has 0 radical (unpaired) electrons. The van der Waals surface area contributed by atoms with Crippen LogP contribution in [0, 0.1) is 0 Å².